The van der Waals surface area contributed by atoms with Crippen LogP contribution in [0.2, 0.25) is 0 Å². The third kappa shape index (κ3) is 2.27. The van der Waals surface area contributed by atoms with E-state index in [1.807, 2.05) is 13.8 Å². The quantitative estimate of drug-likeness (QED) is 0.585. The van der Waals surface area contributed by atoms with E-state index in [2.05, 4.69) is 20.4 Å². The molecule has 106 valence electrons. The Hall–Kier alpha value is -3.03. The number of hydrogen-bond donors (Lipinski definition) is 1. The molecule has 0 fully saturated rings. The van der Waals surface area contributed by atoms with Crippen molar-refractivity contribution >= 4 is 23.0 Å². The smallest absolute Gasteiger partial charge is 0.269 e. The summed E-state index contributed by atoms with van der Waals surface area (Å²) >= 11 is 0. The van der Waals surface area contributed by atoms with Crippen LogP contribution in [0.15, 0.2) is 30.6 Å². The third-order valence-electron chi connectivity index (χ3n) is 3.25. The van der Waals surface area contributed by atoms with E-state index in [9.17, 15) is 10.1 Å². The highest BCUT2D eigenvalue weighted by molar-refractivity contribution is 5.63. The third-order valence-corrected chi connectivity index (χ3v) is 3.25. The van der Waals surface area contributed by atoms with E-state index in [-0.39, 0.29) is 5.69 Å². The van der Waals surface area contributed by atoms with Crippen LogP contribution in [0.5, 0.6) is 0 Å². The first kappa shape index (κ1) is 13.0. The molecule has 0 aliphatic carbocycles. The number of rotatable bonds is 3. The Bertz CT molecular complexity index is 825. The van der Waals surface area contributed by atoms with Crippen LogP contribution < -0.4 is 5.32 Å². The van der Waals surface area contributed by atoms with Crippen LogP contribution in [0.1, 0.15) is 11.3 Å². The lowest BCUT2D eigenvalue weighted by atomic mass is 10.2. The topological polar surface area (TPSA) is 98.2 Å². The summed E-state index contributed by atoms with van der Waals surface area (Å²) in [6, 6.07) is 6.20. The van der Waals surface area contributed by atoms with Crippen molar-refractivity contribution in [1.29, 1.82) is 0 Å². The van der Waals surface area contributed by atoms with E-state index in [0.717, 1.165) is 22.8 Å². The van der Waals surface area contributed by atoms with Gasteiger partial charge in [0, 0.05) is 29.1 Å². The number of nitro benzene ring substituents is 1. The van der Waals surface area contributed by atoms with Gasteiger partial charge in [0.15, 0.2) is 0 Å². The zero-order valence-corrected chi connectivity index (χ0v) is 11.4. The Morgan fingerprint density at radius 1 is 1.24 bits per heavy atom. The van der Waals surface area contributed by atoms with Crippen LogP contribution in [0, 0.1) is 24.0 Å². The summed E-state index contributed by atoms with van der Waals surface area (Å²) in [6.07, 6.45) is 1.43. The van der Waals surface area contributed by atoms with Crippen molar-refractivity contribution in [3.05, 3.63) is 52.0 Å². The molecule has 0 aliphatic rings. The van der Waals surface area contributed by atoms with Gasteiger partial charge in [0.2, 0.25) is 0 Å². The molecule has 0 bridgehead atoms. The van der Waals surface area contributed by atoms with Gasteiger partial charge in [0.05, 0.1) is 4.92 Å². The number of benzene rings is 1. The molecule has 2 heterocycles. The van der Waals surface area contributed by atoms with E-state index in [4.69, 9.17) is 0 Å². The monoisotopic (exact) mass is 284 g/mol. The fourth-order valence-electron chi connectivity index (χ4n) is 1.98. The Balaban J connectivity index is 2.03. The van der Waals surface area contributed by atoms with Gasteiger partial charge < -0.3 is 5.32 Å². The van der Waals surface area contributed by atoms with Gasteiger partial charge in [-0.05, 0) is 26.0 Å². The van der Waals surface area contributed by atoms with Gasteiger partial charge in [0.25, 0.3) is 11.5 Å². The minimum Gasteiger partial charge on any atom is -0.340 e. The molecule has 0 aliphatic heterocycles. The number of non-ortho nitro benzene ring substituents is 1. The lowest BCUT2D eigenvalue weighted by Crippen LogP contribution is -2.06. The number of nitro groups is 1. The van der Waals surface area contributed by atoms with Crippen molar-refractivity contribution in [2.75, 3.05) is 5.32 Å². The number of nitrogens with zero attached hydrogens (tertiary/aromatic N) is 5. The van der Waals surface area contributed by atoms with Gasteiger partial charge in [-0.2, -0.15) is 14.6 Å². The molecular formula is C13H12N6O2. The summed E-state index contributed by atoms with van der Waals surface area (Å²) in [5.74, 6) is 1.24. The molecule has 0 saturated carbocycles. The van der Waals surface area contributed by atoms with Gasteiger partial charge in [0.1, 0.15) is 12.1 Å². The normalized spacial score (nSPS) is 10.8. The van der Waals surface area contributed by atoms with Crippen molar-refractivity contribution in [2.24, 2.45) is 0 Å². The molecule has 0 amide bonds. The first-order chi connectivity index (χ1) is 10.1. The molecule has 2 aromatic heterocycles. The maximum atomic E-state index is 10.7. The molecular weight excluding hydrogens is 272 g/mol. The highest BCUT2D eigenvalue weighted by atomic mass is 16.6. The predicted molar refractivity (Wildman–Crippen MR) is 76.6 cm³/mol. The standard InChI is InChI=1S/C13H12N6O2/c1-8-9(2)16-13-14-7-15-18(13)12(8)17-10-3-5-11(6-4-10)19(20)21/h3-7,17H,1-2H3. The number of aryl methyl sites for hydroxylation is 1. The van der Waals surface area contributed by atoms with Crippen LogP contribution in [-0.2, 0) is 0 Å². The summed E-state index contributed by atoms with van der Waals surface area (Å²) in [6.45, 7) is 3.82. The lowest BCUT2D eigenvalue weighted by Gasteiger charge is -2.12. The van der Waals surface area contributed by atoms with Crippen LogP contribution in [-0.4, -0.2) is 24.5 Å². The Morgan fingerprint density at radius 2 is 1.95 bits per heavy atom. The second-order valence-electron chi connectivity index (χ2n) is 4.57. The van der Waals surface area contributed by atoms with E-state index in [1.54, 1.807) is 16.6 Å². The van der Waals surface area contributed by atoms with Gasteiger partial charge in [-0.1, -0.05) is 0 Å². The molecule has 21 heavy (non-hydrogen) atoms. The van der Waals surface area contributed by atoms with Gasteiger partial charge >= 0.3 is 0 Å². The second-order valence-corrected chi connectivity index (χ2v) is 4.57. The molecule has 0 radical (unpaired) electrons. The fraction of sp³-hybridized carbons (Fsp3) is 0.154. The number of aromatic nitrogens is 4. The molecule has 8 nitrogen and oxygen atoms in total. The first-order valence-corrected chi connectivity index (χ1v) is 6.24. The average molecular weight is 284 g/mol. The van der Waals surface area contributed by atoms with E-state index in [0.29, 0.717) is 5.78 Å². The maximum Gasteiger partial charge on any atom is 0.269 e. The van der Waals surface area contributed by atoms with E-state index >= 15 is 0 Å². The van der Waals surface area contributed by atoms with Gasteiger partial charge in [-0.3, -0.25) is 10.1 Å². The molecule has 0 unspecified atom stereocenters. The minimum atomic E-state index is -0.429. The molecule has 0 atom stereocenters. The van der Waals surface area contributed by atoms with Crippen molar-refractivity contribution in [2.45, 2.75) is 13.8 Å². The number of hydrogen-bond acceptors (Lipinski definition) is 6. The SMILES string of the molecule is Cc1nc2ncnn2c(Nc2ccc([N+](=O)[O-])cc2)c1C. The average Bonchev–Trinajstić information content (AvgIpc) is 2.92. The number of nitrogens with one attached hydrogen (secondary N) is 1. The Kier molecular flexibility index (Phi) is 2.98. The van der Waals surface area contributed by atoms with Crippen LogP contribution in [0.3, 0.4) is 0 Å². The zero-order chi connectivity index (χ0) is 15.0. The maximum absolute atomic E-state index is 10.7. The first-order valence-electron chi connectivity index (χ1n) is 6.24. The summed E-state index contributed by atoms with van der Waals surface area (Å²) in [4.78, 5) is 18.6. The summed E-state index contributed by atoms with van der Waals surface area (Å²) in [5, 5.41) is 18.0. The summed E-state index contributed by atoms with van der Waals surface area (Å²) in [5.41, 5.74) is 2.56. The highest BCUT2D eigenvalue weighted by Gasteiger charge is 2.12. The Labute approximate surface area is 119 Å². The zero-order valence-electron chi connectivity index (χ0n) is 11.4. The predicted octanol–water partition coefficient (Wildman–Crippen LogP) is 2.39. The van der Waals surface area contributed by atoms with Crippen LogP contribution >= 0.6 is 0 Å². The molecule has 3 rings (SSSR count). The molecule has 0 saturated heterocycles. The minimum absolute atomic E-state index is 0.0501. The van der Waals surface area contributed by atoms with E-state index in [1.165, 1.54) is 18.5 Å². The summed E-state index contributed by atoms with van der Waals surface area (Å²) in [7, 11) is 0. The number of anilines is 2. The Morgan fingerprint density at radius 3 is 2.62 bits per heavy atom. The highest BCUT2D eigenvalue weighted by Crippen LogP contribution is 2.23. The second kappa shape index (κ2) is 4.82. The van der Waals surface area contributed by atoms with E-state index < -0.39 is 4.92 Å². The molecule has 0 spiro atoms. The fourth-order valence-corrected chi connectivity index (χ4v) is 1.98. The molecule has 1 N–H and O–H groups in total. The number of fused-ring (bicyclic) bond motifs is 1. The molecule has 8 heteroatoms. The molecule has 1 aromatic carbocycles. The summed E-state index contributed by atoms with van der Waals surface area (Å²) < 4.78 is 1.60. The molecule has 3 aromatic rings. The van der Waals surface area contributed by atoms with Crippen molar-refractivity contribution in [1.82, 2.24) is 19.6 Å². The van der Waals surface area contributed by atoms with Crippen LogP contribution in [0.25, 0.3) is 5.78 Å². The van der Waals surface area contributed by atoms with Gasteiger partial charge in [-0.15, -0.1) is 0 Å². The van der Waals surface area contributed by atoms with Crippen molar-refractivity contribution in [3.8, 4) is 0 Å². The van der Waals surface area contributed by atoms with Gasteiger partial charge in [-0.25, -0.2) is 4.98 Å². The van der Waals surface area contributed by atoms with Crippen molar-refractivity contribution < 1.29 is 4.92 Å². The van der Waals surface area contributed by atoms with Crippen molar-refractivity contribution in [3.63, 3.8) is 0 Å². The largest absolute Gasteiger partial charge is 0.340 e. The lowest BCUT2D eigenvalue weighted by molar-refractivity contribution is -0.384. The van der Waals surface area contributed by atoms with Crippen LogP contribution in [0.4, 0.5) is 17.2 Å².